The highest BCUT2D eigenvalue weighted by Gasteiger charge is 2.29. The molecular weight excluding hydrogens is 366 g/mol. The van der Waals surface area contributed by atoms with Gasteiger partial charge in [0, 0.05) is 30.3 Å². The van der Waals surface area contributed by atoms with Crippen LogP contribution in [0.1, 0.15) is 24.4 Å². The maximum atomic E-state index is 12.0. The smallest absolute Gasteiger partial charge is 0.258 e. The van der Waals surface area contributed by atoms with E-state index in [1.807, 2.05) is 30.3 Å². The van der Waals surface area contributed by atoms with Crippen LogP contribution in [0.4, 0.5) is 5.69 Å². The quantitative estimate of drug-likeness (QED) is 0.647. The lowest BCUT2D eigenvalue weighted by molar-refractivity contribution is -0.123. The van der Waals surface area contributed by atoms with Crippen LogP contribution in [0.15, 0.2) is 54.6 Å². The van der Waals surface area contributed by atoms with Gasteiger partial charge in [-0.3, -0.25) is 9.59 Å². The van der Waals surface area contributed by atoms with E-state index in [1.165, 1.54) is 0 Å². The Hall–Kier alpha value is -2.57. The van der Waals surface area contributed by atoms with Crippen molar-refractivity contribution in [2.24, 2.45) is 11.7 Å². The average molecular weight is 390 g/mol. The molecule has 144 valence electrons. The van der Waals surface area contributed by atoms with Crippen LogP contribution < -0.4 is 21.1 Å². The Balaban J connectivity index is 0.00000261. The number of nitrogens with one attached hydrogen (secondary N) is 2. The molecule has 1 aliphatic carbocycles. The first-order chi connectivity index (χ1) is 12.6. The lowest BCUT2D eigenvalue weighted by atomic mass is 10.1. The van der Waals surface area contributed by atoms with E-state index in [-0.39, 0.29) is 42.8 Å². The molecule has 1 atom stereocenters. The summed E-state index contributed by atoms with van der Waals surface area (Å²) in [4.78, 5) is 23.7. The zero-order chi connectivity index (χ0) is 18.4. The van der Waals surface area contributed by atoms with Gasteiger partial charge in [-0.1, -0.05) is 36.4 Å². The lowest BCUT2D eigenvalue weighted by Gasteiger charge is -2.13. The van der Waals surface area contributed by atoms with Crippen molar-refractivity contribution in [3.63, 3.8) is 0 Å². The standard InChI is InChI=1S/C20H23N3O3.ClH/c21-18(14-5-2-1-3-6-14)12-22-19(24)13-26-17-8-4-7-16(11-17)23-20(25)15-9-10-15;/h1-8,11,15,18H,9-10,12-13,21H2,(H,22,24)(H,23,25);1H. The van der Waals surface area contributed by atoms with Crippen molar-refractivity contribution >= 4 is 29.9 Å². The summed E-state index contributed by atoms with van der Waals surface area (Å²) < 4.78 is 5.50. The summed E-state index contributed by atoms with van der Waals surface area (Å²) in [5.41, 5.74) is 7.69. The Morgan fingerprint density at radius 3 is 2.56 bits per heavy atom. The first kappa shape index (κ1) is 20.7. The van der Waals surface area contributed by atoms with Gasteiger partial charge in [-0.25, -0.2) is 0 Å². The molecule has 1 aliphatic rings. The van der Waals surface area contributed by atoms with Gasteiger partial charge in [-0.2, -0.15) is 0 Å². The van der Waals surface area contributed by atoms with Gasteiger partial charge < -0.3 is 21.1 Å². The molecule has 0 saturated heterocycles. The number of benzene rings is 2. The maximum absolute atomic E-state index is 12.0. The van der Waals surface area contributed by atoms with Crippen molar-refractivity contribution in [2.75, 3.05) is 18.5 Å². The Labute approximate surface area is 164 Å². The maximum Gasteiger partial charge on any atom is 0.258 e. The number of carbonyl (C=O) groups is 2. The largest absolute Gasteiger partial charge is 0.484 e. The van der Waals surface area contributed by atoms with Crippen LogP contribution in [-0.2, 0) is 9.59 Å². The van der Waals surface area contributed by atoms with E-state index in [2.05, 4.69) is 10.6 Å². The summed E-state index contributed by atoms with van der Waals surface area (Å²) in [6.07, 6.45) is 1.90. The molecule has 1 unspecified atom stereocenters. The van der Waals surface area contributed by atoms with Gasteiger partial charge in [0.25, 0.3) is 5.91 Å². The highest BCUT2D eigenvalue weighted by atomic mass is 35.5. The van der Waals surface area contributed by atoms with Gasteiger partial charge in [0.05, 0.1) is 0 Å². The molecule has 1 fully saturated rings. The van der Waals surface area contributed by atoms with Crippen LogP contribution in [0, 0.1) is 5.92 Å². The second-order valence-electron chi connectivity index (χ2n) is 6.40. The molecular formula is C20H24ClN3O3. The summed E-state index contributed by atoms with van der Waals surface area (Å²) in [7, 11) is 0. The first-order valence-corrected chi connectivity index (χ1v) is 8.73. The van der Waals surface area contributed by atoms with E-state index >= 15 is 0 Å². The fraction of sp³-hybridized carbons (Fsp3) is 0.300. The number of rotatable bonds is 8. The van der Waals surface area contributed by atoms with Crippen molar-refractivity contribution in [3.05, 3.63) is 60.2 Å². The Kier molecular flexibility index (Phi) is 7.64. The van der Waals surface area contributed by atoms with Crippen LogP contribution in [0.2, 0.25) is 0 Å². The number of carbonyl (C=O) groups excluding carboxylic acids is 2. The van der Waals surface area contributed by atoms with E-state index < -0.39 is 0 Å². The lowest BCUT2D eigenvalue weighted by Crippen LogP contribution is -2.35. The van der Waals surface area contributed by atoms with E-state index in [0.29, 0.717) is 18.0 Å². The third kappa shape index (κ3) is 6.58. The predicted molar refractivity (Wildman–Crippen MR) is 107 cm³/mol. The second-order valence-corrected chi connectivity index (χ2v) is 6.40. The average Bonchev–Trinajstić information content (AvgIpc) is 3.51. The number of amides is 2. The van der Waals surface area contributed by atoms with Gasteiger partial charge in [0.1, 0.15) is 5.75 Å². The Bertz CT molecular complexity index is 766. The van der Waals surface area contributed by atoms with Crippen LogP contribution >= 0.6 is 12.4 Å². The predicted octanol–water partition coefficient (Wildman–Crippen LogP) is 2.65. The molecule has 2 aromatic carbocycles. The highest BCUT2D eigenvalue weighted by Crippen LogP contribution is 2.30. The van der Waals surface area contributed by atoms with E-state index in [4.69, 9.17) is 10.5 Å². The molecule has 0 bridgehead atoms. The first-order valence-electron chi connectivity index (χ1n) is 8.73. The Morgan fingerprint density at radius 1 is 1.11 bits per heavy atom. The van der Waals surface area contributed by atoms with Crippen LogP contribution in [-0.4, -0.2) is 25.0 Å². The molecule has 7 heteroatoms. The second kappa shape index (κ2) is 9.94. The van der Waals surface area contributed by atoms with Crippen LogP contribution in [0.5, 0.6) is 5.75 Å². The van der Waals surface area contributed by atoms with Gasteiger partial charge >= 0.3 is 0 Å². The van der Waals surface area contributed by atoms with Crippen LogP contribution in [0.3, 0.4) is 0 Å². The minimum absolute atomic E-state index is 0. The highest BCUT2D eigenvalue weighted by molar-refractivity contribution is 5.94. The topological polar surface area (TPSA) is 93.4 Å². The van der Waals surface area contributed by atoms with Gasteiger partial charge in [0.15, 0.2) is 6.61 Å². The van der Waals surface area contributed by atoms with Crippen molar-refractivity contribution < 1.29 is 14.3 Å². The summed E-state index contributed by atoms with van der Waals surface area (Å²) in [6.45, 7) is 0.227. The molecule has 0 aromatic heterocycles. The van der Waals surface area contributed by atoms with E-state index in [9.17, 15) is 9.59 Å². The van der Waals surface area contributed by atoms with Gasteiger partial charge in [-0.15, -0.1) is 12.4 Å². The molecule has 0 heterocycles. The molecule has 2 aromatic rings. The summed E-state index contributed by atoms with van der Waals surface area (Å²) >= 11 is 0. The minimum atomic E-state index is -0.263. The third-order valence-corrected chi connectivity index (χ3v) is 4.17. The van der Waals surface area contributed by atoms with Crippen molar-refractivity contribution in [2.45, 2.75) is 18.9 Å². The van der Waals surface area contributed by atoms with Crippen molar-refractivity contribution in [1.82, 2.24) is 5.32 Å². The molecule has 27 heavy (non-hydrogen) atoms. The molecule has 3 rings (SSSR count). The fourth-order valence-electron chi connectivity index (χ4n) is 2.50. The molecule has 4 N–H and O–H groups in total. The zero-order valence-electron chi connectivity index (χ0n) is 14.9. The van der Waals surface area contributed by atoms with E-state index in [0.717, 1.165) is 18.4 Å². The number of halogens is 1. The molecule has 0 radical (unpaired) electrons. The number of ether oxygens (including phenoxy) is 1. The van der Waals surface area contributed by atoms with Gasteiger partial charge in [-0.05, 0) is 30.5 Å². The number of hydrogen-bond donors (Lipinski definition) is 3. The van der Waals surface area contributed by atoms with Gasteiger partial charge in [0.2, 0.25) is 5.91 Å². The minimum Gasteiger partial charge on any atom is -0.484 e. The third-order valence-electron chi connectivity index (χ3n) is 4.17. The summed E-state index contributed by atoms with van der Waals surface area (Å²) in [5, 5.41) is 5.62. The SMILES string of the molecule is Cl.NC(CNC(=O)COc1cccc(NC(=O)C2CC2)c1)c1ccccc1. The number of nitrogens with two attached hydrogens (primary N) is 1. The summed E-state index contributed by atoms with van der Waals surface area (Å²) in [5.74, 6) is 0.457. The molecule has 6 nitrogen and oxygen atoms in total. The summed E-state index contributed by atoms with van der Waals surface area (Å²) in [6, 6.07) is 16.4. The zero-order valence-corrected chi connectivity index (χ0v) is 15.7. The number of hydrogen-bond acceptors (Lipinski definition) is 4. The van der Waals surface area contributed by atoms with Crippen LogP contribution in [0.25, 0.3) is 0 Å². The number of anilines is 1. The van der Waals surface area contributed by atoms with Crippen molar-refractivity contribution in [3.8, 4) is 5.75 Å². The normalized spacial score (nSPS) is 13.8. The molecule has 1 saturated carbocycles. The molecule has 2 amide bonds. The monoisotopic (exact) mass is 389 g/mol. The molecule has 0 spiro atoms. The Morgan fingerprint density at radius 2 is 1.85 bits per heavy atom. The fourth-order valence-corrected chi connectivity index (χ4v) is 2.50. The molecule has 0 aliphatic heterocycles. The van der Waals surface area contributed by atoms with Crippen molar-refractivity contribution in [1.29, 1.82) is 0 Å². The van der Waals surface area contributed by atoms with E-state index in [1.54, 1.807) is 24.3 Å².